The number of aldehydes is 1. The Morgan fingerprint density at radius 2 is 0.949 bits per heavy atom. The molecule has 234 valence electrons. The molecular formula is C21H45N3O12S3. The molecule has 0 aromatic heterocycles. The van der Waals surface area contributed by atoms with Gasteiger partial charge in [-0.15, -0.1) is 0 Å². The van der Waals surface area contributed by atoms with Crippen molar-refractivity contribution in [3.8, 4) is 0 Å². The highest BCUT2D eigenvalue weighted by molar-refractivity contribution is 7.98. The zero-order valence-electron chi connectivity index (χ0n) is 22.2. The van der Waals surface area contributed by atoms with Crippen LogP contribution in [0.1, 0.15) is 19.3 Å². The van der Waals surface area contributed by atoms with Gasteiger partial charge >= 0.3 is 17.9 Å². The smallest absolute Gasteiger partial charge is 0.320 e. The lowest BCUT2D eigenvalue weighted by Crippen LogP contribution is -2.46. The molecule has 0 aliphatic heterocycles. The first-order chi connectivity index (χ1) is 18.1. The van der Waals surface area contributed by atoms with Gasteiger partial charge in [0.2, 0.25) is 0 Å². The van der Waals surface area contributed by atoms with Crippen LogP contribution in [0.2, 0.25) is 0 Å². The average Bonchev–Trinajstić information content (AvgIpc) is 2.91. The van der Waals surface area contributed by atoms with Crippen LogP contribution >= 0.6 is 35.3 Å². The number of aliphatic hydroxyl groups excluding tert-OH is 5. The molecule has 0 saturated heterocycles. The molecule has 0 fully saturated rings. The molecule has 0 rings (SSSR count). The minimum Gasteiger partial charge on any atom is -0.480 e. The molecular weight excluding hydrogens is 582 g/mol. The van der Waals surface area contributed by atoms with Gasteiger partial charge in [0, 0.05) is 0 Å². The first-order valence-electron chi connectivity index (χ1n) is 11.3. The van der Waals surface area contributed by atoms with E-state index < -0.39 is 67.1 Å². The van der Waals surface area contributed by atoms with Gasteiger partial charge in [-0.25, -0.2) is 0 Å². The molecule has 0 spiro atoms. The van der Waals surface area contributed by atoms with Gasteiger partial charge < -0.3 is 62.8 Å². The first kappa shape index (κ1) is 44.8. The molecule has 0 radical (unpaired) electrons. The SMILES string of the molecule is CSCC[C@H](N)C(=O)O.CSCC[C@H](N)C(=O)O.CSCC[C@H](N)C(=O)O.O=C[C@H](O)[C@@H](O)[C@H](O)[C@H](O)CO. The van der Waals surface area contributed by atoms with E-state index >= 15 is 0 Å². The van der Waals surface area contributed by atoms with Crippen molar-refractivity contribution >= 4 is 59.5 Å². The summed E-state index contributed by atoms with van der Waals surface area (Å²) in [6.45, 7) is -0.760. The first-order valence-corrected chi connectivity index (χ1v) is 15.5. The fraction of sp³-hybridized carbons (Fsp3) is 0.810. The maximum absolute atomic E-state index is 10.1. The lowest BCUT2D eigenvalue weighted by molar-refractivity contribution is -0.139. The number of carboxylic acid groups (broad SMARTS) is 3. The lowest BCUT2D eigenvalue weighted by Gasteiger charge is -2.22. The number of aliphatic carboxylic acids is 3. The van der Waals surface area contributed by atoms with E-state index in [0.29, 0.717) is 19.3 Å². The topological polar surface area (TPSA) is 308 Å². The quantitative estimate of drug-likeness (QED) is 0.0719. The predicted molar refractivity (Wildman–Crippen MR) is 153 cm³/mol. The highest BCUT2D eigenvalue weighted by Gasteiger charge is 2.29. The highest BCUT2D eigenvalue weighted by atomic mass is 32.2. The van der Waals surface area contributed by atoms with Gasteiger partial charge in [-0.1, -0.05) is 0 Å². The van der Waals surface area contributed by atoms with Crippen molar-refractivity contribution in [1.82, 2.24) is 0 Å². The molecule has 0 aliphatic rings. The zero-order chi connectivity index (χ0) is 31.6. The van der Waals surface area contributed by atoms with E-state index in [1.807, 2.05) is 18.8 Å². The van der Waals surface area contributed by atoms with Crippen LogP contribution in [0.4, 0.5) is 0 Å². The molecule has 7 atom stereocenters. The van der Waals surface area contributed by atoms with Gasteiger partial charge in [-0.2, -0.15) is 35.3 Å². The van der Waals surface area contributed by atoms with Gasteiger partial charge in [0.05, 0.1) is 6.61 Å². The van der Waals surface area contributed by atoms with Crippen molar-refractivity contribution in [1.29, 1.82) is 0 Å². The second-order valence-electron chi connectivity index (χ2n) is 7.54. The third kappa shape index (κ3) is 29.6. The van der Waals surface area contributed by atoms with E-state index in [4.69, 9.17) is 58.1 Å². The summed E-state index contributed by atoms with van der Waals surface area (Å²) in [5.74, 6) is -0.300. The molecule has 0 heterocycles. The lowest BCUT2D eigenvalue weighted by atomic mass is 10.0. The normalized spacial score (nSPS) is 15.6. The number of hydrogen-bond acceptors (Lipinski definition) is 15. The van der Waals surface area contributed by atoms with Crippen LogP contribution in [-0.4, -0.2) is 150 Å². The number of carboxylic acids is 3. The minimum atomic E-state index is -1.79. The molecule has 39 heavy (non-hydrogen) atoms. The maximum atomic E-state index is 10.1. The molecule has 18 heteroatoms. The van der Waals surface area contributed by atoms with E-state index in [1.165, 1.54) is 0 Å². The molecule has 15 nitrogen and oxygen atoms in total. The van der Waals surface area contributed by atoms with Crippen LogP contribution in [0.3, 0.4) is 0 Å². The minimum absolute atomic E-state index is 0.0258. The molecule has 0 aromatic carbocycles. The van der Waals surface area contributed by atoms with E-state index in [9.17, 15) is 19.2 Å². The third-order valence-corrected chi connectivity index (χ3v) is 6.20. The Bertz CT molecular complexity index is 583. The standard InChI is InChI=1S/C6H12O6.3C5H11NO2S/c7-1-3(9)5(11)6(12)4(10)2-8;3*1-9-3-2-4(6)5(7)8/h1,3-6,8-12H,2H2;3*4H,2-3,6H2,1H3,(H,7,8)/t3-,4+,5+,6+;3*4-/m0000/s1. The van der Waals surface area contributed by atoms with Gasteiger partial charge in [0.1, 0.15) is 42.5 Å². The van der Waals surface area contributed by atoms with Crippen LogP contribution in [0.15, 0.2) is 0 Å². The average molecular weight is 628 g/mol. The zero-order valence-corrected chi connectivity index (χ0v) is 24.7. The second kappa shape index (κ2) is 29.8. The van der Waals surface area contributed by atoms with Crippen molar-refractivity contribution in [3.05, 3.63) is 0 Å². The highest BCUT2D eigenvalue weighted by Crippen LogP contribution is 2.03. The molecule has 0 aromatic rings. The monoisotopic (exact) mass is 627 g/mol. The Kier molecular flexibility index (Phi) is 34.2. The predicted octanol–water partition coefficient (Wildman–Crippen LogP) is -2.92. The molecule has 0 saturated carbocycles. The van der Waals surface area contributed by atoms with Crippen molar-refractivity contribution in [3.63, 3.8) is 0 Å². The number of rotatable bonds is 17. The van der Waals surface area contributed by atoms with Crippen LogP contribution < -0.4 is 17.2 Å². The number of carbonyl (C=O) groups is 4. The summed E-state index contributed by atoms with van der Waals surface area (Å²) in [4.78, 5) is 40.1. The number of nitrogens with two attached hydrogens (primary N) is 3. The summed E-state index contributed by atoms with van der Waals surface area (Å²) < 4.78 is 0. The number of thioether (sulfide) groups is 3. The fourth-order valence-corrected chi connectivity index (χ4v) is 3.19. The Labute approximate surface area is 240 Å². The largest absolute Gasteiger partial charge is 0.480 e. The Balaban J connectivity index is -0.000000211. The number of carbonyl (C=O) groups excluding carboxylic acids is 1. The van der Waals surface area contributed by atoms with Crippen molar-refractivity contribution < 1.29 is 60.0 Å². The van der Waals surface area contributed by atoms with Crippen LogP contribution in [-0.2, 0) is 19.2 Å². The molecule has 0 bridgehead atoms. The molecule has 0 unspecified atom stereocenters. The van der Waals surface area contributed by atoms with Gasteiger partial charge in [0.15, 0.2) is 6.29 Å². The summed E-state index contributed by atoms with van der Waals surface area (Å²) in [6.07, 6.45) is 0.592. The van der Waals surface area contributed by atoms with Crippen molar-refractivity contribution in [2.75, 3.05) is 42.6 Å². The van der Waals surface area contributed by atoms with Gasteiger partial charge in [0.25, 0.3) is 0 Å². The maximum Gasteiger partial charge on any atom is 0.320 e. The third-order valence-electron chi connectivity index (χ3n) is 4.27. The number of aliphatic hydroxyl groups is 5. The molecule has 0 amide bonds. The Morgan fingerprint density at radius 1 is 0.667 bits per heavy atom. The van der Waals surface area contributed by atoms with Gasteiger partial charge in [-0.05, 0) is 55.3 Å². The number of hydrogen-bond donors (Lipinski definition) is 11. The van der Waals surface area contributed by atoms with E-state index in [0.717, 1.165) is 17.3 Å². The Morgan fingerprint density at radius 3 is 1.13 bits per heavy atom. The second-order valence-corrected chi connectivity index (χ2v) is 10.5. The Hall–Kier alpha value is -1.19. The van der Waals surface area contributed by atoms with Gasteiger partial charge in [-0.3, -0.25) is 14.4 Å². The summed E-state index contributed by atoms with van der Waals surface area (Å²) in [6, 6.07) is -2.05. The summed E-state index contributed by atoms with van der Waals surface area (Å²) in [5.41, 5.74) is 15.6. The molecule has 14 N–H and O–H groups in total. The summed E-state index contributed by atoms with van der Waals surface area (Å²) >= 11 is 4.81. The summed E-state index contributed by atoms with van der Waals surface area (Å²) in [7, 11) is 0. The van der Waals surface area contributed by atoms with Crippen molar-refractivity contribution in [2.24, 2.45) is 17.2 Å². The summed E-state index contributed by atoms with van der Waals surface area (Å²) in [5, 5.41) is 68.4. The molecule has 0 aliphatic carbocycles. The van der Waals surface area contributed by atoms with Crippen molar-refractivity contribution in [2.45, 2.75) is 61.8 Å². The van der Waals surface area contributed by atoms with E-state index in [2.05, 4.69) is 0 Å². The van der Waals surface area contributed by atoms with Crippen LogP contribution in [0, 0.1) is 0 Å². The fourth-order valence-electron chi connectivity index (χ4n) is 1.72. The van der Waals surface area contributed by atoms with Crippen LogP contribution in [0.5, 0.6) is 0 Å². The van der Waals surface area contributed by atoms with E-state index in [-0.39, 0.29) is 6.29 Å². The van der Waals surface area contributed by atoms with E-state index in [1.54, 1.807) is 35.3 Å². The van der Waals surface area contributed by atoms with Crippen LogP contribution in [0.25, 0.3) is 0 Å².